The summed E-state index contributed by atoms with van der Waals surface area (Å²) in [6.45, 7) is 2.58. The SMILES string of the molecule is O=C(NCCCN1CCCC1=O)c1c(-c2cncnc2)cc(=O)n2c1CCCC2. The number of carbonyl (C=O) groups excluding carboxylic acids is 2. The van der Waals surface area contributed by atoms with Crippen molar-refractivity contribution < 1.29 is 9.59 Å². The average Bonchev–Trinajstić information content (AvgIpc) is 3.16. The van der Waals surface area contributed by atoms with Gasteiger partial charge in [-0.1, -0.05) is 0 Å². The van der Waals surface area contributed by atoms with Crippen LogP contribution in [0.5, 0.6) is 0 Å². The second-order valence-corrected chi connectivity index (χ2v) is 7.55. The Kier molecular flexibility index (Phi) is 5.69. The molecule has 152 valence electrons. The van der Waals surface area contributed by atoms with Crippen molar-refractivity contribution in [3.05, 3.63) is 46.4 Å². The van der Waals surface area contributed by atoms with Crippen LogP contribution >= 0.6 is 0 Å². The van der Waals surface area contributed by atoms with Gasteiger partial charge in [0.2, 0.25) is 5.91 Å². The molecule has 1 N–H and O–H groups in total. The van der Waals surface area contributed by atoms with E-state index in [1.807, 2.05) is 4.90 Å². The molecule has 0 bridgehead atoms. The Morgan fingerprint density at radius 3 is 2.66 bits per heavy atom. The third-order valence-electron chi connectivity index (χ3n) is 5.62. The molecule has 1 saturated heterocycles. The summed E-state index contributed by atoms with van der Waals surface area (Å²) in [5.41, 5.74) is 2.47. The molecule has 4 rings (SSSR count). The number of carbonyl (C=O) groups is 2. The van der Waals surface area contributed by atoms with Crippen LogP contribution in [0.25, 0.3) is 11.1 Å². The zero-order valence-corrected chi connectivity index (χ0v) is 16.4. The molecule has 0 spiro atoms. The molecule has 8 nitrogen and oxygen atoms in total. The maximum Gasteiger partial charge on any atom is 0.253 e. The van der Waals surface area contributed by atoms with E-state index in [1.165, 1.54) is 12.4 Å². The highest BCUT2D eigenvalue weighted by Gasteiger charge is 2.24. The van der Waals surface area contributed by atoms with Gasteiger partial charge >= 0.3 is 0 Å². The number of likely N-dealkylation sites (tertiary alicyclic amines) is 1. The van der Waals surface area contributed by atoms with Gasteiger partial charge in [0.05, 0.1) is 5.56 Å². The molecule has 0 unspecified atom stereocenters. The Morgan fingerprint density at radius 2 is 1.90 bits per heavy atom. The van der Waals surface area contributed by atoms with Gasteiger partial charge in [0.1, 0.15) is 6.33 Å². The molecule has 0 aromatic carbocycles. The molecule has 0 radical (unpaired) electrons. The first-order chi connectivity index (χ1) is 14.1. The van der Waals surface area contributed by atoms with Crippen molar-refractivity contribution in [1.29, 1.82) is 0 Å². The third-order valence-corrected chi connectivity index (χ3v) is 5.62. The van der Waals surface area contributed by atoms with Crippen molar-refractivity contribution in [3.8, 4) is 11.1 Å². The number of nitrogens with zero attached hydrogens (tertiary/aromatic N) is 4. The summed E-state index contributed by atoms with van der Waals surface area (Å²) in [5, 5.41) is 2.98. The van der Waals surface area contributed by atoms with Crippen molar-refractivity contribution >= 4 is 11.8 Å². The Balaban J connectivity index is 1.56. The summed E-state index contributed by atoms with van der Waals surface area (Å²) in [6, 6.07) is 1.52. The molecule has 29 heavy (non-hydrogen) atoms. The molecule has 1 fully saturated rings. The maximum absolute atomic E-state index is 13.1. The fourth-order valence-electron chi connectivity index (χ4n) is 4.18. The normalized spacial score (nSPS) is 16.0. The topological polar surface area (TPSA) is 97.2 Å². The summed E-state index contributed by atoms with van der Waals surface area (Å²) < 4.78 is 1.72. The summed E-state index contributed by atoms with van der Waals surface area (Å²) in [4.78, 5) is 47.4. The molecule has 2 aromatic heterocycles. The molecule has 0 saturated carbocycles. The van der Waals surface area contributed by atoms with Crippen LogP contribution in [0.2, 0.25) is 0 Å². The van der Waals surface area contributed by atoms with Gasteiger partial charge in [-0.05, 0) is 32.1 Å². The lowest BCUT2D eigenvalue weighted by molar-refractivity contribution is -0.127. The minimum absolute atomic E-state index is 0.0948. The van der Waals surface area contributed by atoms with Gasteiger partial charge in [0, 0.05) is 67.9 Å². The highest BCUT2D eigenvalue weighted by molar-refractivity contribution is 6.01. The van der Waals surface area contributed by atoms with Gasteiger partial charge in [-0.3, -0.25) is 14.4 Å². The highest BCUT2D eigenvalue weighted by atomic mass is 16.2. The molecular formula is C21H25N5O3. The molecule has 4 heterocycles. The predicted octanol–water partition coefficient (Wildman–Crippen LogP) is 1.38. The Labute approximate surface area is 169 Å². The largest absolute Gasteiger partial charge is 0.352 e. The number of fused-ring (bicyclic) bond motifs is 1. The number of aromatic nitrogens is 3. The van der Waals surface area contributed by atoms with Gasteiger partial charge in [-0.2, -0.15) is 0 Å². The van der Waals surface area contributed by atoms with Crippen LogP contribution in [-0.4, -0.2) is 50.9 Å². The van der Waals surface area contributed by atoms with Crippen molar-refractivity contribution in [2.24, 2.45) is 0 Å². The van der Waals surface area contributed by atoms with E-state index in [9.17, 15) is 14.4 Å². The Morgan fingerprint density at radius 1 is 1.07 bits per heavy atom. The molecule has 2 aromatic rings. The monoisotopic (exact) mass is 395 g/mol. The molecule has 2 aliphatic heterocycles. The van der Waals surface area contributed by atoms with E-state index in [-0.39, 0.29) is 17.4 Å². The lowest BCUT2D eigenvalue weighted by Crippen LogP contribution is -2.34. The van der Waals surface area contributed by atoms with Crippen molar-refractivity contribution in [2.45, 2.75) is 45.1 Å². The minimum atomic E-state index is -0.192. The van der Waals surface area contributed by atoms with Gasteiger partial charge < -0.3 is 14.8 Å². The molecular weight excluding hydrogens is 370 g/mol. The quantitative estimate of drug-likeness (QED) is 0.746. The predicted molar refractivity (Wildman–Crippen MR) is 107 cm³/mol. The zero-order valence-electron chi connectivity index (χ0n) is 16.4. The van der Waals surface area contributed by atoms with Crippen molar-refractivity contribution in [2.75, 3.05) is 19.6 Å². The molecule has 2 amide bonds. The van der Waals surface area contributed by atoms with Crippen LogP contribution in [0.15, 0.2) is 29.6 Å². The second kappa shape index (κ2) is 8.55. The first kappa shape index (κ1) is 19.3. The van der Waals surface area contributed by atoms with Gasteiger partial charge in [0.25, 0.3) is 11.5 Å². The van der Waals surface area contributed by atoms with E-state index in [2.05, 4.69) is 15.3 Å². The van der Waals surface area contributed by atoms with Crippen LogP contribution in [0.4, 0.5) is 0 Å². The maximum atomic E-state index is 13.1. The van der Waals surface area contributed by atoms with E-state index < -0.39 is 0 Å². The summed E-state index contributed by atoms with van der Waals surface area (Å²) in [7, 11) is 0. The van der Waals surface area contributed by atoms with Crippen molar-refractivity contribution in [1.82, 2.24) is 24.8 Å². The Hall–Kier alpha value is -3.03. The fraction of sp³-hybridized carbons (Fsp3) is 0.476. The standard InChI is InChI=1S/C21H25N5O3/c27-18-6-3-8-25(18)9-4-7-24-21(29)20-16(15-12-22-14-23-13-15)11-19(28)26-10-2-1-5-17(20)26/h11-14H,1-10H2,(H,24,29). The Bertz CT molecular complexity index is 970. The second-order valence-electron chi connectivity index (χ2n) is 7.55. The van der Waals surface area contributed by atoms with Crippen LogP contribution in [0, 0.1) is 0 Å². The summed E-state index contributed by atoms with van der Waals surface area (Å²) in [5.74, 6) is 0.00134. The van der Waals surface area contributed by atoms with E-state index in [0.29, 0.717) is 55.6 Å². The van der Waals surface area contributed by atoms with E-state index in [4.69, 9.17) is 0 Å². The summed E-state index contributed by atoms with van der Waals surface area (Å²) in [6.07, 6.45) is 9.50. The number of pyridine rings is 1. The average molecular weight is 395 g/mol. The van der Waals surface area contributed by atoms with E-state index >= 15 is 0 Å². The van der Waals surface area contributed by atoms with Crippen LogP contribution in [-0.2, 0) is 17.8 Å². The number of hydrogen-bond acceptors (Lipinski definition) is 5. The molecule has 2 aliphatic rings. The third kappa shape index (κ3) is 4.06. The highest BCUT2D eigenvalue weighted by Crippen LogP contribution is 2.27. The zero-order chi connectivity index (χ0) is 20.2. The number of rotatable bonds is 6. The van der Waals surface area contributed by atoms with E-state index in [0.717, 1.165) is 31.5 Å². The number of amides is 2. The molecule has 0 atom stereocenters. The smallest absolute Gasteiger partial charge is 0.253 e. The lowest BCUT2D eigenvalue weighted by Gasteiger charge is -2.23. The first-order valence-corrected chi connectivity index (χ1v) is 10.2. The van der Waals surface area contributed by atoms with Crippen LogP contribution in [0.1, 0.15) is 48.2 Å². The number of hydrogen-bond donors (Lipinski definition) is 1. The van der Waals surface area contributed by atoms with Gasteiger partial charge in [-0.15, -0.1) is 0 Å². The molecule has 8 heteroatoms. The minimum Gasteiger partial charge on any atom is -0.352 e. The first-order valence-electron chi connectivity index (χ1n) is 10.2. The fourth-order valence-corrected chi connectivity index (χ4v) is 4.18. The lowest BCUT2D eigenvalue weighted by atomic mass is 9.95. The van der Waals surface area contributed by atoms with Gasteiger partial charge in [-0.25, -0.2) is 9.97 Å². The van der Waals surface area contributed by atoms with Gasteiger partial charge in [0.15, 0.2) is 0 Å². The molecule has 0 aliphatic carbocycles. The van der Waals surface area contributed by atoms with Crippen molar-refractivity contribution in [3.63, 3.8) is 0 Å². The van der Waals surface area contributed by atoms with Crippen LogP contribution < -0.4 is 10.9 Å². The van der Waals surface area contributed by atoms with E-state index in [1.54, 1.807) is 17.0 Å². The summed E-state index contributed by atoms with van der Waals surface area (Å²) >= 11 is 0. The van der Waals surface area contributed by atoms with Crippen LogP contribution in [0.3, 0.4) is 0 Å². The number of nitrogens with one attached hydrogen (secondary N) is 1.